The lowest BCUT2D eigenvalue weighted by Crippen LogP contribution is -2.04. The maximum atomic E-state index is 11.7. The Bertz CT molecular complexity index is 800. The van der Waals surface area contributed by atoms with E-state index in [0.29, 0.717) is 23.5 Å². The van der Waals surface area contributed by atoms with Crippen LogP contribution in [0.3, 0.4) is 0 Å². The van der Waals surface area contributed by atoms with Gasteiger partial charge in [0.1, 0.15) is 22.1 Å². The average molecular weight is 378 g/mol. The van der Waals surface area contributed by atoms with Crippen molar-refractivity contribution in [3.8, 4) is 17.2 Å². The van der Waals surface area contributed by atoms with Crippen LogP contribution >= 0.6 is 0 Å². The van der Waals surface area contributed by atoms with Crippen molar-refractivity contribution < 1.29 is 22.8 Å². The van der Waals surface area contributed by atoms with Crippen LogP contribution in [-0.2, 0) is 16.5 Å². The summed E-state index contributed by atoms with van der Waals surface area (Å²) in [4.78, 5) is -0.425. The highest BCUT2D eigenvalue weighted by molar-refractivity contribution is 7.86. The lowest BCUT2D eigenvalue weighted by atomic mass is 10.0. The molecule has 0 aliphatic carbocycles. The van der Waals surface area contributed by atoms with Gasteiger partial charge < -0.3 is 9.84 Å². The fraction of sp³-hybridized carbons (Fsp3) is 0.400. The van der Waals surface area contributed by atoms with E-state index in [1.54, 1.807) is 18.2 Å². The second-order valence-corrected chi connectivity index (χ2v) is 7.70. The fourth-order valence-corrected chi connectivity index (χ4v) is 3.72. The van der Waals surface area contributed by atoms with Gasteiger partial charge in [-0.3, -0.25) is 4.55 Å². The summed E-state index contributed by atoms with van der Waals surface area (Å²) in [5.74, 6) is 0.418. The fourth-order valence-electron chi connectivity index (χ4n) is 2.91. The van der Waals surface area contributed by atoms with Crippen molar-refractivity contribution in [1.82, 2.24) is 0 Å². The van der Waals surface area contributed by atoms with Crippen molar-refractivity contribution in [2.75, 3.05) is 0 Å². The van der Waals surface area contributed by atoms with Gasteiger partial charge in [0, 0.05) is 6.07 Å². The zero-order valence-electron chi connectivity index (χ0n) is 15.0. The van der Waals surface area contributed by atoms with Gasteiger partial charge in [0.15, 0.2) is 0 Å². The average Bonchev–Trinajstić information content (AvgIpc) is 2.57. The predicted molar refractivity (Wildman–Crippen MR) is 102 cm³/mol. The van der Waals surface area contributed by atoms with Gasteiger partial charge in [-0.1, -0.05) is 57.2 Å². The summed E-state index contributed by atoms with van der Waals surface area (Å²) in [6.07, 6.45) is 6.79. The SMILES string of the molecule is CCCCCCCCc1cc(Oc2ccccc2)cc(O)c1S(=O)(=O)O. The van der Waals surface area contributed by atoms with Gasteiger partial charge in [0.05, 0.1) is 0 Å². The first-order valence-corrected chi connectivity index (χ1v) is 10.4. The third-order valence-electron chi connectivity index (χ3n) is 4.16. The van der Waals surface area contributed by atoms with Crippen LogP contribution in [-0.4, -0.2) is 18.1 Å². The van der Waals surface area contributed by atoms with Crippen LogP contribution < -0.4 is 4.74 Å². The van der Waals surface area contributed by atoms with Crippen molar-refractivity contribution >= 4 is 10.1 Å². The molecule has 0 spiro atoms. The minimum atomic E-state index is -4.51. The van der Waals surface area contributed by atoms with E-state index in [0.717, 1.165) is 25.7 Å². The largest absolute Gasteiger partial charge is 0.506 e. The molecule has 142 valence electrons. The predicted octanol–water partition coefficient (Wildman–Crippen LogP) is 5.33. The summed E-state index contributed by atoms with van der Waals surface area (Å²) >= 11 is 0. The Morgan fingerprint density at radius 1 is 0.923 bits per heavy atom. The Morgan fingerprint density at radius 3 is 2.23 bits per heavy atom. The third kappa shape index (κ3) is 6.04. The van der Waals surface area contributed by atoms with Gasteiger partial charge in [0.2, 0.25) is 0 Å². The molecular formula is C20H26O5S. The Labute approximate surface area is 155 Å². The molecule has 5 nitrogen and oxygen atoms in total. The summed E-state index contributed by atoms with van der Waals surface area (Å²) in [5.41, 5.74) is 0.369. The van der Waals surface area contributed by atoms with Crippen LogP contribution in [0.5, 0.6) is 17.2 Å². The van der Waals surface area contributed by atoms with Crippen molar-refractivity contribution in [2.24, 2.45) is 0 Å². The van der Waals surface area contributed by atoms with Crippen molar-refractivity contribution in [3.63, 3.8) is 0 Å². The minimum Gasteiger partial charge on any atom is -0.506 e. The summed E-state index contributed by atoms with van der Waals surface area (Å²) < 4.78 is 38.5. The molecule has 2 aromatic carbocycles. The van der Waals surface area contributed by atoms with Crippen LogP contribution in [0, 0.1) is 0 Å². The highest BCUT2D eigenvalue weighted by Gasteiger charge is 2.22. The van der Waals surface area contributed by atoms with E-state index in [1.807, 2.05) is 18.2 Å². The molecule has 6 heteroatoms. The number of aryl methyl sites for hydroxylation is 1. The number of phenols is 1. The first-order valence-electron chi connectivity index (χ1n) is 8.98. The lowest BCUT2D eigenvalue weighted by Gasteiger charge is -2.13. The molecule has 0 aliphatic rings. The maximum absolute atomic E-state index is 11.7. The summed E-state index contributed by atoms with van der Waals surface area (Å²) in [6.45, 7) is 2.15. The number of aromatic hydroxyl groups is 1. The van der Waals surface area contributed by atoms with E-state index < -0.39 is 20.8 Å². The van der Waals surface area contributed by atoms with Crippen LogP contribution in [0.4, 0.5) is 0 Å². The number of rotatable bonds is 10. The summed E-state index contributed by atoms with van der Waals surface area (Å²) in [6, 6.07) is 11.8. The van der Waals surface area contributed by atoms with E-state index in [-0.39, 0.29) is 0 Å². The van der Waals surface area contributed by atoms with Crippen molar-refractivity contribution in [2.45, 2.75) is 56.8 Å². The molecule has 0 fully saturated rings. The van der Waals surface area contributed by atoms with E-state index >= 15 is 0 Å². The van der Waals surface area contributed by atoms with E-state index in [4.69, 9.17) is 4.74 Å². The van der Waals surface area contributed by atoms with Gasteiger partial charge in [-0.2, -0.15) is 8.42 Å². The Balaban J connectivity index is 2.18. The number of hydrogen-bond donors (Lipinski definition) is 2. The molecule has 0 atom stereocenters. The topological polar surface area (TPSA) is 83.8 Å². The first-order chi connectivity index (χ1) is 12.4. The molecule has 0 unspecified atom stereocenters. The third-order valence-corrected chi connectivity index (χ3v) is 5.14. The monoisotopic (exact) mass is 378 g/mol. The van der Waals surface area contributed by atoms with Crippen LogP contribution in [0.2, 0.25) is 0 Å². The molecule has 0 heterocycles. The lowest BCUT2D eigenvalue weighted by molar-refractivity contribution is 0.430. The van der Waals surface area contributed by atoms with Crippen molar-refractivity contribution in [3.05, 3.63) is 48.0 Å². The highest BCUT2D eigenvalue weighted by Crippen LogP contribution is 2.34. The quantitative estimate of drug-likeness (QED) is 0.431. The molecule has 2 aromatic rings. The van der Waals surface area contributed by atoms with Gasteiger partial charge in [-0.05, 0) is 36.6 Å². The smallest absolute Gasteiger partial charge is 0.298 e. The first kappa shape index (κ1) is 20.3. The second-order valence-electron chi connectivity index (χ2n) is 6.34. The molecule has 0 amide bonds. The zero-order chi connectivity index (χ0) is 19.0. The molecular weight excluding hydrogens is 352 g/mol. The molecule has 0 saturated heterocycles. The zero-order valence-corrected chi connectivity index (χ0v) is 15.8. The molecule has 2 rings (SSSR count). The number of para-hydroxylation sites is 1. The van der Waals surface area contributed by atoms with Gasteiger partial charge in [-0.25, -0.2) is 0 Å². The van der Waals surface area contributed by atoms with Crippen LogP contribution in [0.15, 0.2) is 47.4 Å². The maximum Gasteiger partial charge on any atom is 0.298 e. The number of unbranched alkanes of at least 4 members (excludes halogenated alkanes) is 5. The highest BCUT2D eigenvalue weighted by atomic mass is 32.2. The van der Waals surface area contributed by atoms with Crippen molar-refractivity contribution in [1.29, 1.82) is 0 Å². The summed E-state index contributed by atoms with van der Waals surface area (Å²) in [5, 5.41) is 10.1. The Hall–Kier alpha value is -2.05. The number of ether oxygens (including phenoxy) is 1. The molecule has 0 aliphatic heterocycles. The van der Waals surface area contributed by atoms with Crippen LogP contribution in [0.1, 0.15) is 51.0 Å². The number of hydrogen-bond acceptors (Lipinski definition) is 4. The minimum absolute atomic E-state index is 0.335. The van der Waals surface area contributed by atoms with Gasteiger partial charge in [-0.15, -0.1) is 0 Å². The van der Waals surface area contributed by atoms with Gasteiger partial charge >= 0.3 is 0 Å². The van der Waals surface area contributed by atoms with E-state index in [2.05, 4.69) is 6.92 Å². The van der Waals surface area contributed by atoms with Gasteiger partial charge in [0.25, 0.3) is 10.1 Å². The number of benzene rings is 2. The summed E-state index contributed by atoms with van der Waals surface area (Å²) in [7, 11) is -4.51. The Morgan fingerprint density at radius 2 is 1.58 bits per heavy atom. The Kier molecular flexibility index (Phi) is 7.48. The molecule has 0 aromatic heterocycles. The standard InChI is InChI=1S/C20H26O5S/c1-2-3-4-5-6-8-11-16-14-18(25-17-12-9-7-10-13-17)15-19(21)20(16)26(22,23)24/h7,9-10,12-15,21H,2-6,8,11H2,1H3,(H,22,23,24). The molecule has 0 radical (unpaired) electrons. The van der Waals surface area contributed by atoms with E-state index in [9.17, 15) is 18.1 Å². The van der Waals surface area contributed by atoms with Crippen LogP contribution in [0.25, 0.3) is 0 Å². The number of phenolic OH excluding ortho intramolecular Hbond substituents is 1. The molecule has 26 heavy (non-hydrogen) atoms. The molecule has 0 saturated carbocycles. The molecule has 0 bridgehead atoms. The second kappa shape index (κ2) is 9.59. The normalized spacial score (nSPS) is 11.5. The molecule has 2 N–H and O–H groups in total. The van der Waals surface area contributed by atoms with E-state index in [1.165, 1.54) is 18.9 Å².